The number of rotatable bonds is 4. The predicted molar refractivity (Wildman–Crippen MR) is 124 cm³/mol. The number of carbonyl (C=O) groups is 1. The molecular formula is C24H21F3N6O2. The summed E-state index contributed by atoms with van der Waals surface area (Å²) in [4.78, 5) is 36.3. The summed E-state index contributed by atoms with van der Waals surface area (Å²) in [5, 5.41) is 6.87. The molecule has 1 aliphatic rings. The second-order valence-corrected chi connectivity index (χ2v) is 8.33. The smallest absolute Gasteiger partial charge is 0.339 e. The quantitative estimate of drug-likeness (QED) is 0.465. The molecule has 180 valence electrons. The summed E-state index contributed by atoms with van der Waals surface area (Å²) in [6.07, 6.45) is -5.39. The lowest BCUT2D eigenvalue weighted by molar-refractivity contribution is -0.127. The zero-order chi connectivity index (χ0) is 24.6. The second-order valence-electron chi connectivity index (χ2n) is 8.33. The molecule has 0 unspecified atom stereocenters. The van der Waals surface area contributed by atoms with Crippen LogP contribution in [0.15, 0.2) is 59.4 Å². The molecule has 11 heteroatoms. The van der Waals surface area contributed by atoms with Crippen LogP contribution in [0, 0.1) is 0 Å². The Bertz CT molecular complexity index is 1420. The molecule has 1 amide bonds. The third kappa shape index (κ3) is 4.88. The van der Waals surface area contributed by atoms with E-state index in [1.54, 1.807) is 47.4 Å². The highest BCUT2D eigenvalue weighted by Gasteiger charge is 2.29. The van der Waals surface area contributed by atoms with Gasteiger partial charge in [-0.15, -0.1) is 0 Å². The molecule has 2 aromatic carbocycles. The van der Waals surface area contributed by atoms with Crippen LogP contribution in [-0.2, 0) is 6.42 Å². The van der Waals surface area contributed by atoms with Crippen molar-refractivity contribution in [2.24, 2.45) is 0 Å². The highest BCUT2D eigenvalue weighted by atomic mass is 19.4. The summed E-state index contributed by atoms with van der Waals surface area (Å²) in [5.74, 6) is 0.338. The molecule has 0 radical (unpaired) electrons. The molecule has 1 saturated heterocycles. The van der Waals surface area contributed by atoms with Gasteiger partial charge in [0.25, 0.3) is 11.5 Å². The van der Waals surface area contributed by atoms with Gasteiger partial charge < -0.3 is 9.80 Å². The maximum atomic E-state index is 13.0. The van der Waals surface area contributed by atoms with Crippen LogP contribution in [0.25, 0.3) is 22.2 Å². The molecule has 3 heterocycles. The first-order valence-corrected chi connectivity index (χ1v) is 11.0. The molecule has 8 nitrogen and oxygen atoms in total. The van der Waals surface area contributed by atoms with Crippen LogP contribution in [0.3, 0.4) is 0 Å². The van der Waals surface area contributed by atoms with Crippen LogP contribution in [-0.4, -0.2) is 63.3 Å². The van der Waals surface area contributed by atoms with Crippen LogP contribution in [0.2, 0.25) is 0 Å². The monoisotopic (exact) mass is 482 g/mol. The molecule has 4 aromatic rings. The van der Waals surface area contributed by atoms with Crippen LogP contribution in [0.5, 0.6) is 0 Å². The van der Waals surface area contributed by atoms with E-state index < -0.39 is 12.6 Å². The van der Waals surface area contributed by atoms with Crippen LogP contribution < -0.4 is 10.5 Å². The molecule has 2 N–H and O–H groups in total. The number of fused-ring (bicyclic) bond motifs is 1. The number of benzene rings is 2. The van der Waals surface area contributed by atoms with E-state index in [0.29, 0.717) is 59.9 Å². The summed E-state index contributed by atoms with van der Waals surface area (Å²) in [6.45, 7) is 1.94. The number of anilines is 1. The largest absolute Gasteiger partial charge is 0.394 e. The Balaban J connectivity index is 1.23. The highest BCUT2D eigenvalue weighted by Crippen LogP contribution is 2.24. The van der Waals surface area contributed by atoms with Gasteiger partial charge in [-0.1, -0.05) is 24.3 Å². The van der Waals surface area contributed by atoms with Crippen molar-refractivity contribution >= 4 is 22.8 Å². The molecule has 0 spiro atoms. The highest BCUT2D eigenvalue weighted by molar-refractivity contribution is 5.94. The maximum Gasteiger partial charge on any atom is 0.394 e. The first-order valence-electron chi connectivity index (χ1n) is 11.0. The number of alkyl halides is 3. The van der Waals surface area contributed by atoms with Crippen molar-refractivity contribution in [3.63, 3.8) is 0 Å². The van der Waals surface area contributed by atoms with Crippen LogP contribution in [0.1, 0.15) is 16.1 Å². The fraction of sp³-hybridized carbons (Fsp3) is 0.250. The number of para-hydroxylation sites is 1. The first-order chi connectivity index (χ1) is 16.8. The molecule has 0 bridgehead atoms. The lowest BCUT2D eigenvalue weighted by atomic mass is 10.1. The molecule has 2 aromatic heterocycles. The number of hydrogen-bond donors (Lipinski definition) is 2. The number of halogens is 3. The van der Waals surface area contributed by atoms with E-state index in [1.807, 2.05) is 11.0 Å². The molecular weight excluding hydrogens is 461 g/mol. The predicted octanol–water partition coefficient (Wildman–Crippen LogP) is 3.38. The van der Waals surface area contributed by atoms with Gasteiger partial charge in [0.1, 0.15) is 0 Å². The van der Waals surface area contributed by atoms with Crippen molar-refractivity contribution in [2.45, 2.75) is 12.6 Å². The fourth-order valence-electron chi connectivity index (χ4n) is 4.13. The van der Waals surface area contributed by atoms with Crippen molar-refractivity contribution in [1.29, 1.82) is 0 Å². The van der Waals surface area contributed by atoms with E-state index in [1.165, 1.54) is 6.07 Å². The Morgan fingerprint density at radius 2 is 1.71 bits per heavy atom. The zero-order valence-corrected chi connectivity index (χ0v) is 18.5. The Kier molecular flexibility index (Phi) is 5.75. The number of piperazine rings is 1. The Morgan fingerprint density at radius 3 is 2.43 bits per heavy atom. The number of hydrogen-bond acceptors (Lipinski definition) is 5. The first kappa shape index (κ1) is 22.6. The number of nitrogens with one attached hydrogen (secondary N) is 2. The van der Waals surface area contributed by atoms with Gasteiger partial charge >= 0.3 is 6.18 Å². The Hall–Kier alpha value is -4.15. The van der Waals surface area contributed by atoms with Gasteiger partial charge in [0, 0.05) is 43.0 Å². The van der Waals surface area contributed by atoms with Gasteiger partial charge in [0.15, 0.2) is 0 Å². The third-order valence-corrected chi connectivity index (χ3v) is 5.92. The summed E-state index contributed by atoms with van der Waals surface area (Å²) in [7, 11) is 0. The zero-order valence-electron chi connectivity index (χ0n) is 18.5. The molecule has 1 aliphatic heterocycles. The van der Waals surface area contributed by atoms with Crippen molar-refractivity contribution in [2.75, 3.05) is 31.1 Å². The van der Waals surface area contributed by atoms with Crippen molar-refractivity contribution in [3.05, 3.63) is 76.2 Å². The maximum absolute atomic E-state index is 13.0. The minimum Gasteiger partial charge on any atom is -0.339 e. The SMILES string of the molecule is O=C(c1ccc(-c2cc(CC(F)(F)F)[nH]n2)cc1)N1CCN(c2nc3ccccc3c(=O)[nH]2)CC1. The Labute approximate surface area is 197 Å². The van der Waals surface area contributed by atoms with Gasteiger partial charge in [-0.2, -0.15) is 18.3 Å². The molecule has 35 heavy (non-hydrogen) atoms. The van der Waals surface area contributed by atoms with Crippen LogP contribution >= 0.6 is 0 Å². The average molecular weight is 482 g/mol. The number of nitrogens with zero attached hydrogens (tertiary/aromatic N) is 4. The Morgan fingerprint density at radius 1 is 1.00 bits per heavy atom. The van der Waals surface area contributed by atoms with Crippen LogP contribution in [0.4, 0.5) is 19.1 Å². The molecule has 1 fully saturated rings. The van der Waals surface area contributed by atoms with Gasteiger partial charge in [0.2, 0.25) is 5.95 Å². The third-order valence-electron chi connectivity index (χ3n) is 5.92. The van der Waals surface area contributed by atoms with E-state index in [0.717, 1.165) is 0 Å². The molecule has 0 atom stereocenters. The fourth-order valence-corrected chi connectivity index (χ4v) is 4.13. The summed E-state index contributed by atoms with van der Waals surface area (Å²) >= 11 is 0. The van der Waals surface area contributed by atoms with Gasteiger partial charge in [-0.05, 0) is 30.3 Å². The minimum absolute atomic E-state index is 0.0206. The van der Waals surface area contributed by atoms with Gasteiger partial charge in [-0.25, -0.2) is 4.98 Å². The standard InChI is InChI=1S/C24H21F3N6O2/c25-24(26,27)14-17-13-20(31-30-17)15-5-7-16(8-6-15)22(35)32-9-11-33(12-10-32)23-28-19-4-2-1-3-18(19)21(34)29-23/h1-8,13H,9-12,14H2,(H,30,31)(H,28,29,34). The summed E-state index contributed by atoms with van der Waals surface area (Å²) < 4.78 is 37.7. The van der Waals surface area contributed by atoms with E-state index >= 15 is 0 Å². The lowest BCUT2D eigenvalue weighted by Crippen LogP contribution is -2.49. The average Bonchev–Trinajstić information content (AvgIpc) is 3.30. The molecule has 0 aliphatic carbocycles. The summed E-state index contributed by atoms with van der Waals surface area (Å²) in [6, 6.07) is 15.1. The number of aromatic nitrogens is 4. The number of H-pyrrole nitrogens is 2. The number of amides is 1. The molecule has 5 rings (SSSR count). The van der Waals surface area contributed by atoms with Gasteiger partial charge in [0.05, 0.1) is 23.0 Å². The number of carbonyl (C=O) groups excluding carboxylic acids is 1. The molecule has 0 saturated carbocycles. The van der Waals surface area contributed by atoms with Crippen molar-refractivity contribution < 1.29 is 18.0 Å². The van der Waals surface area contributed by atoms with Gasteiger partial charge in [-0.3, -0.25) is 19.7 Å². The summed E-state index contributed by atoms with van der Waals surface area (Å²) in [5.41, 5.74) is 1.87. The van der Waals surface area contributed by atoms with E-state index in [4.69, 9.17) is 0 Å². The van der Waals surface area contributed by atoms with E-state index in [9.17, 15) is 22.8 Å². The van der Waals surface area contributed by atoms with E-state index in [-0.39, 0.29) is 17.2 Å². The number of aromatic amines is 2. The van der Waals surface area contributed by atoms with E-state index in [2.05, 4.69) is 20.2 Å². The second kappa shape index (κ2) is 8.90. The lowest BCUT2D eigenvalue weighted by Gasteiger charge is -2.35. The normalized spacial score (nSPS) is 14.5. The minimum atomic E-state index is -4.32. The van der Waals surface area contributed by atoms with Crippen molar-refractivity contribution in [3.8, 4) is 11.3 Å². The van der Waals surface area contributed by atoms with Crippen molar-refractivity contribution in [1.82, 2.24) is 25.1 Å². The topological polar surface area (TPSA) is 98.0 Å².